The molecule has 5 nitrogen and oxygen atoms in total. The van der Waals surface area contributed by atoms with Gasteiger partial charge in [-0.2, -0.15) is 0 Å². The summed E-state index contributed by atoms with van der Waals surface area (Å²) in [6.45, 7) is 0.567. The fourth-order valence-corrected chi connectivity index (χ4v) is 2.80. The van der Waals surface area contributed by atoms with Crippen molar-refractivity contribution >= 4 is 27.4 Å². The normalized spacial score (nSPS) is 20.9. The number of aromatic nitrogens is 1. The Bertz CT molecular complexity index is 537. The largest absolute Gasteiger partial charge is 0.353 e. The molecule has 0 saturated carbocycles. The zero-order chi connectivity index (χ0) is 12.6. The average Bonchev–Trinajstić information content (AvgIpc) is 2.65. The second-order valence-electron chi connectivity index (χ2n) is 3.90. The molecule has 2 N–H and O–H groups in total. The lowest BCUT2D eigenvalue weighted by atomic mass is 10.4. The molecule has 8 heteroatoms. The van der Waals surface area contributed by atoms with Crippen LogP contribution in [0.3, 0.4) is 0 Å². The number of rotatable bonds is 2. The third kappa shape index (κ3) is 2.67. The Kier molecular flexibility index (Phi) is 3.24. The van der Waals surface area contributed by atoms with Gasteiger partial charge in [0.1, 0.15) is 0 Å². The molecule has 2 rings (SSSR count). The van der Waals surface area contributed by atoms with Crippen molar-refractivity contribution in [2.24, 2.45) is 5.14 Å². The van der Waals surface area contributed by atoms with Crippen molar-refractivity contribution < 1.29 is 12.8 Å². The molecule has 17 heavy (non-hydrogen) atoms. The molecule has 1 aliphatic heterocycles. The van der Waals surface area contributed by atoms with Crippen LogP contribution in [-0.4, -0.2) is 31.7 Å². The van der Waals surface area contributed by atoms with Crippen LogP contribution in [0.2, 0.25) is 5.02 Å². The third-order valence-corrected chi connectivity index (χ3v) is 4.22. The van der Waals surface area contributed by atoms with Gasteiger partial charge in [-0.25, -0.2) is 22.9 Å². The van der Waals surface area contributed by atoms with Crippen LogP contribution in [0.15, 0.2) is 12.3 Å². The number of anilines is 1. The van der Waals surface area contributed by atoms with Crippen molar-refractivity contribution in [1.82, 2.24) is 4.98 Å². The van der Waals surface area contributed by atoms with Gasteiger partial charge in [0, 0.05) is 19.3 Å². The lowest BCUT2D eigenvalue weighted by Gasteiger charge is -2.17. The summed E-state index contributed by atoms with van der Waals surface area (Å²) in [6, 6.07) is 1.15. The van der Waals surface area contributed by atoms with Gasteiger partial charge in [0.25, 0.3) is 0 Å². The Morgan fingerprint density at radius 2 is 2.29 bits per heavy atom. The first kappa shape index (κ1) is 12.5. The molecule has 94 valence electrons. The van der Waals surface area contributed by atoms with E-state index in [0.29, 0.717) is 13.0 Å². The number of halogens is 2. The second kappa shape index (κ2) is 4.40. The van der Waals surface area contributed by atoms with Crippen LogP contribution in [0, 0.1) is 5.82 Å². The van der Waals surface area contributed by atoms with Gasteiger partial charge in [-0.05, 0) is 12.5 Å². The second-order valence-corrected chi connectivity index (χ2v) is 6.19. The third-order valence-electron chi connectivity index (χ3n) is 2.70. The Morgan fingerprint density at radius 1 is 1.59 bits per heavy atom. The molecular weight excluding hydrogens is 269 g/mol. The highest BCUT2D eigenvalue weighted by molar-refractivity contribution is 7.89. The maximum atomic E-state index is 13.6. The molecule has 0 bridgehead atoms. The van der Waals surface area contributed by atoms with Crippen molar-refractivity contribution in [3.8, 4) is 0 Å². The zero-order valence-electron chi connectivity index (χ0n) is 8.81. The molecule has 1 aliphatic rings. The monoisotopic (exact) mass is 279 g/mol. The number of sulfonamides is 1. The predicted molar refractivity (Wildman–Crippen MR) is 62.9 cm³/mol. The Hall–Kier alpha value is -0.920. The van der Waals surface area contributed by atoms with Crippen LogP contribution in [0.25, 0.3) is 0 Å². The van der Waals surface area contributed by atoms with Crippen LogP contribution in [-0.2, 0) is 10.0 Å². The molecule has 1 saturated heterocycles. The Balaban J connectivity index is 2.21. The minimum atomic E-state index is -3.58. The van der Waals surface area contributed by atoms with Crippen molar-refractivity contribution in [3.63, 3.8) is 0 Å². The summed E-state index contributed by atoms with van der Waals surface area (Å²) in [5, 5.41) is 4.59. The molecule has 1 atom stereocenters. The summed E-state index contributed by atoms with van der Waals surface area (Å²) in [6.07, 6.45) is 1.70. The van der Waals surface area contributed by atoms with Gasteiger partial charge in [-0.15, -0.1) is 0 Å². The highest BCUT2D eigenvalue weighted by Gasteiger charge is 2.32. The van der Waals surface area contributed by atoms with Crippen LogP contribution >= 0.6 is 11.6 Å². The maximum Gasteiger partial charge on any atom is 0.213 e. The van der Waals surface area contributed by atoms with Gasteiger partial charge in [0.2, 0.25) is 10.0 Å². The summed E-state index contributed by atoms with van der Waals surface area (Å²) in [5.74, 6) is -0.451. The summed E-state index contributed by atoms with van der Waals surface area (Å²) in [7, 11) is -3.58. The summed E-state index contributed by atoms with van der Waals surface area (Å²) < 4.78 is 35.9. The van der Waals surface area contributed by atoms with E-state index in [1.54, 1.807) is 4.90 Å². The van der Waals surface area contributed by atoms with E-state index in [1.165, 1.54) is 6.20 Å². The maximum absolute atomic E-state index is 13.6. The minimum Gasteiger partial charge on any atom is -0.353 e. The summed E-state index contributed by atoms with van der Waals surface area (Å²) in [5.41, 5.74) is 0. The van der Waals surface area contributed by atoms with Crippen molar-refractivity contribution in [1.29, 1.82) is 0 Å². The minimum absolute atomic E-state index is 0.112. The fourth-order valence-electron chi connectivity index (χ4n) is 1.83. The van der Waals surface area contributed by atoms with Crippen LogP contribution < -0.4 is 10.0 Å². The molecule has 0 aromatic carbocycles. The quantitative estimate of drug-likeness (QED) is 0.866. The van der Waals surface area contributed by atoms with Crippen LogP contribution in [0.4, 0.5) is 10.2 Å². The van der Waals surface area contributed by atoms with Gasteiger partial charge in [-0.1, -0.05) is 11.6 Å². The van der Waals surface area contributed by atoms with E-state index >= 15 is 0 Å². The molecule has 1 aromatic rings. The molecular formula is C9H11ClFN3O2S. The topological polar surface area (TPSA) is 76.3 Å². The molecule has 0 amide bonds. The van der Waals surface area contributed by atoms with E-state index in [-0.39, 0.29) is 17.4 Å². The molecule has 0 spiro atoms. The van der Waals surface area contributed by atoms with Gasteiger partial charge in [0.15, 0.2) is 11.6 Å². The van der Waals surface area contributed by atoms with Crippen molar-refractivity contribution in [2.75, 3.05) is 18.0 Å². The van der Waals surface area contributed by atoms with Crippen LogP contribution in [0.5, 0.6) is 0 Å². The van der Waals surface area contributed by atoms with Crippen molar-refractivity contribution in [3.05, 3.63) is 23.1 Å². The lowest BCUT2D eigenvalue weighted by Crippen LogP contribution is -2.32. The van der Waals surface area contributed by atoms with E-state index in [9.17, 15) is 12.8 Å². The molecule has 1 unspecified atom stereocenters. The number of nitrogens with zero attached hydrogens (tertiary/aromatic N) is 2. The molecule has 2 heterocycles. The number of primary sulfonamides is 1. The van der Waals surface area contributed by atoms with E-state index in [1.807, 2.05) is 0 Å². The van der Waals surface area contributed by atoms with Gasteiger partial charge >= 0.3 is 0 Å². The van der Waals surface area contributed by atoms with E-state index in [0.717, 1.165) is 6.07 Å². The first-order valence-electron chi connectivity index (χ1n) is 4.95. The fraction of sp³-hybridized carbons (Fsp3) is 0.444. The molecule has 1 fully saturated rings. The van der Waals surface area contributed by atoms with Gasteiger partial charge < -0.3 is 4.90 Å². The van der Waals surface area contributed by atoms with Crippen molar-refractivity contribution in [2.45, 2.75) is 11.7 Å². The predicted octanol–water partition coefficient (Wildman–Crippen LogP) is 0.741. The average molecular weight is 280 g/mol. The van der Waals surface area contributed by atoms with Crippen LogP contribution in [0.1, 0.15) is 6.42 Å². The molecule has 0 radical (unpaired) electrons. The SMILES string of the molecule is NS(=O)(=O)C1CCN(c2ncc(Cl)cc2F)C1. The zero-order valence-corrected chi connectivity index (χ0v) is 10.4. The highest BCUT2D eigenvalue weighted by Crippen LogP contribution is 2.25. The van der Waals surface area contributed by atoms with Gasteiger partial charge in [-0.3, -0.25) is 0 Å². The highest BCUT2D eigenvalue weighted by atomic mass is 35.5. The summed E-state index contributed by atoms with van der Waals surface area (Å²) in [4.78, 5) is 5.42. The first-order valence-corrected chi connectivity index (χ1v) is 6.94. The smallest absolute Gasteiger partial charge is 0.213 e. The summed E-state index contributed by atoms with van der Waals surface area (Å²) >= 11 is 5.59. The molecule has 0 aliphatic carbocycles. The number of pyridine rings is 1. The number of hydrogen-bond donors (Lipinski definition) is 1. The number of hydrogen-bond acceptors (Lipinski definition) is 4. The number of nitrogens with two attached hydrogens (primary N) is 1. The Morgan fingerprint density at radius 3 is 2.82 bits per heavy atom. The van der Waals surface area contributed by atoms with E-state index < -0.39 is 21.1 Å². The first-order chi connectivity index (χ1) is 7.88. The molecule has 1 aromatic heterocycles. The van der Waals surface area contributed by atoms with E-state index in [2.05, 4.69) is 4.98 Å². The van der Waals surface area contributed by atoms with Gasteiger partial charge in [0.05, 0.1) is 10.3 Å². The Labute approximate surface area is 103 Å². The van der Waals surface area contributed by atoms with E-state index in [4.69, 9.17) is 16.7 Å². The standard InChI is InChI=1S/C9H11ClFN3O2S/c10-6-3-8(11)9(13-4-6)14-2-1-7(5-14)17(12,15)16/h3-4,7H,1-2,5H2,(H2,12,15,16). The lowest BCUT2D eigenvalue weighted by molar-refractivity contribution is 0.584.